The predicted octanol–water partition coefficient (Wildman–Crippen LogP) is 1.47. The molecule has 0 aliphatic carbocycles. The molecule has 3 aromatic rings. The fourth-order valence-corrected chi connectivity index (χ4v) is 3.40. The van der Waals surface area contributed by atoms with Gasteiger partial charge in [0.2, 0.25) is 0 Å². The van der Waals surface area contributed by atoms with Crippen molar-refractivity contribution >= 4 is 15.9 Å². The number of rotatable bonds is 7. The molecule has 0 fully saturated rings. The summed E-state index contributed by atoms with van der Waals surface area (Å²) in [6.45, 7) is 1.77. The smallest absolute Gasteiger partial charge is 0.262 e. The first-order valence-corrected chi connectivity index (χ1v) is 9.78. The lowest BCUT2D eigenvalue weighted by molar-refractivity contribution is 0.0941. The van der Waals surface area contributed by atoms with Crippen LogP contribution in [0.4, 0.5) is 0 Å². The molecule has 0 bridgehead atoms. The van der Waals surface area contributed by atoms with Gasteiger partial charge in [-0.15, -0.1) is 0 Å². The summed E-state index contributed by atoms with van der Waals surface area (Å²) in [5, 5.41) is 9.81. The third-order valence-electron chi connectivity index (χ3n) is 3.90. The molecule has 2 aromatic carbocycles. The van der Waals surface area contributed by atoms with Crippen molar-refractivity contribution in [3.63, 3.8) is 0 Å². The topological polar surface area (TPSA) is 126 Å². The molecule has 0 aliphatic heterocycles. The molecule has 0 saturated heterocycles. The van der Waals surface area contributed by atoms with E-state index in [-0.39, 0.29) is 10.8 Å². The Labute approximate surface area is 162 Å². The molecule has 0 spiro atoms. The Morgan fingerprint density at radius 1 is 1.11 bits per heavy atom. The van der Waals surface area contributed by atoms with E-state index < -0.39 is 16.1 Å². The van der Waals surface area contributed by atoms with Gasteiger partial charge in [-0.3, -0.25) is 14.7 Å². The SMILES string of the molecule is CONS(=O)(=O)c1ccc(C(=O)NC(c2ccccc2)c2n[nH]c(C)n2)cc1. The van der Waals surface area contributed by atoms with Gasteiger partial charge in [0.05, 0.1) is 12.0 Å². The average molecular weight is 401 g/mol. The molecular weight excluding hydrogens is 382 g/mol. The summed E-state index contributed by atoms with van der Waals surface area (Å²) in [5.74, 6) is 0.672. The van der Waals surface area contributed by atoms with E-state index in [1.807, 2.05) is 35.2 Å². The second-order valence-corrected chi connectivity index (χ2v) is 7.56. The van der Waals surface area contributed by atoms with E-state index in [4.69, 9.17) is 0 Å². The normalized spacial score (nSPS) is 12.5. The Balaban J connectivity index is 1.84. The monoisotopic (exact) mass is 401 g/mol. The van der Waals surface area contributed by atoms with Crippen molar-refractivity contribution in [2.45, 2.75) is 17.9 Å². The first-order chi connectivity index (χ1) is 13.4. The van der Waals surface area contributed by atoms with Crippen LogP contribution in [0.1, 0.15) is 33.6 Å². The van der Waals surface area contributed by atoms with Crippen LogP contribution in [-0.4, -0.2) is 36.6 Å². The van der Waals surface area contributed by atoms with Crippen LogP contribution in [0.2, 0.25) is 0 Å². The third kappa shape index (κ3) is 4.42. The second kappa shape index (κ2) is 8.30. The standard InChI is InChI=1S/C18H19N5O4S/c1-12-19-17(22-21-12)16(13-6-4-3-5-7-13)20-18(24)14-8-10-15(11-9-14)28(25,26)23-27-2/h3-11,16,23H,1-2H3,(H,20,24)(H,19,21,22). The van der Waals surface area contributed by atoms with Crippen molar-refractivity contribution in [1.29, 1.82) is 0 Å². The number of nitrogens with one attached hydrogen (secondary N) is 3. The van der Waals surface area contributed by atoms with Crippen molar-refractivity contribution in [2.24, 2.45) is 0 Å². The second-order valence-electron chi connectivity index (χ2n) is 5.91. The van der Waals surface area contributed by atoms with Crippen molar-refractivity contribution < 1.29 is 18.0 Å². The molecular formula is C18H19N5O4S. The maximum atomic E-state index is 12.7. The Morgan fingerprint density at radius 3 is 2.36 bits per heavy atom. The lowest BCUT2D eigenvalue weighted by Crippen LogP contribution is -2.30. The zero-order chi connectivity index (χ0) is 20.1. The number of carbonyl (C=O) groups is 1. The molecule has 28 heavy (non-hydrogen) atoms. The van der Waals surface area contributed by atoms with Gasteiger partial charge >= 0.3 is 0 Å². The summed E-state index contributed by atoms with van der Waals surface area (Å²) in [5.41, 5.74) is 1.11. The minimum absolute atomic E-state index is 0.0184. The molecule has 1 aromatic heterocycles. The lowest BCUT2D eigenvalue weighted by atomic mass is 10.1. The van der Waals surface area contributed by atoms with Crippen molar-refractivity contribution in [2.75, 3.05) is 7.11 Å². The summed E-state index contributed by atoms with van der Waals surface area (Å²) < 4.78 is 23.8. The highest BCUT2D eigenvalue weighted by atomic mass is 32.2. The minimum Gasteiger partial charge on any atom is -0.338 e. The molecule has 1 heterocycles. The van der Waals surface area contributed by atoms with Gasteiger partial charge in [0.1, 0.15) is 11.9 Å². The van der Waals surface area contributed by atoms with E-state index in [9.17, 15) is 13.2 Å². The summed E-state index contributed by atoms with van der Waals surface area (Å²) in [6.07, 6.45) is 0. The van der Waals surface area contributed by atoms with E-state index >= 15 is 0 Å². The number of hydrogen-bond donors (Lipinski definition) is 3. The molecule has 1 atom stereocenters. The summed E-state index contributed by atoms with van der Waals surface area (Å²) in [6, 6.07) is 14.2. The summed E-state index contributed by atoms with van der Waals surface area (Å²) in [7, 11) is -2.58. The predicted molar refractivity (Wildman–Crippen MR) is 101 cm³/mol. The van der Waals surface area contributed by atoms with Crippen LogP contribution in [-0.2, 0) is 14.9 Å². The molecule has 1 unspecified atom stereocenters. The van der Waals surface area contributed by atoms with Gasteiger partial charge in [0.25, 0.3) is 15.9 Å². The van der Waals surface area contributed by atoms with Crippen LogP contribution in [0.15, 0.2) is 59.5 Å². The molecule has 3 N–H and O–H groups in total. The molecule has 1 amide bonds. The van der Waals surface area contributed by atoms with Crippen LogP contribution in [0.25, 0.3) is 0 Å². The zero-order valence-corrected chi connectivity index (χ0v) is 16.0. The molecule has 0 saturated carbocycles. The number of aromatic nitrogens is 3. The fourth-order valence-electron chi connectivity index (χ4n) is 2.59. The molecule has 0 aliphatic rings. The van der Waals surface area contributed by atoms with Gasteiger partial charge in [-0.1, -0.05) is 35.2 Å². The first-order valence-electron chi connectivity index (χ1n) is 8.30. The van der Waals surface area contributed by atoms with E-state index in [1.54, 1.807) is 6.92 Å². The number of amides is 1. The minimum atomic E-state index is -3.79. The quantitative estimate of drug-likeness (QED) is 0.515. The largest absolute Gasteiger partial charge is 0.338 e. The van der Waals surface area contributed by atoms with Crippen LogP contribution in [0.3, 0.4) is 0 Å². The maximum absolute atomic E-state index is 12.7. The maximum Gasteiger partial charge on any atom is 0.262 e. The Hall–Kier alpha value is -3.08. The highest BCUT2D eigenvalue weighted by molar-refractivity contribution is 7.89. The summed E-state index contributed by atoms with van der Waals surface area (Å²) in [4.78, 5) is 23.4. The van der Waals surface area contributed by atoms with E-state index in [2.05, 4.69) is 25.3 Å². The van der Waals surface area contributed by atoms with E-state index in [0.717, 1.165) is 5.56 Å². The number of carbonyl (C=O) groups excluding carboxylic acids is 1. The average Bonchev–Trinajstić information content (AvgIpc) is 3.12. The lowest BCUT2D eigenvalue weighted by Gasteiger charge is -2.16. The number of nitrogens with zero attached hydrogens (tertiary/aromatic N) is 2. The number of hydrogen-bond acceptors (Lipinski definition) is 6. The molecule has 9 nitrogen and oxygen atoms in total. The van der Waals surface area contributed by atoms with Gasteiger partial charge in [0, 0.05) is 5.56 Å². The Bertz CT molecular complexity index is 1050. The van der Waals surface area contributed by atoms with E-state index in [0.29, 0.717) is 17.2 Å². The zero-order valence-electron chi connectivity index (χ0n) is 15.2. The van der Waals surface area contributed by atoms with Crippen molar-refractivity contribution in [3.05, 3.63) is 77.4 Å². The van der Waals surface area contributed by atoms with Gasteiger partial charge in [-0.25, -0.2) is 13.4 Å². The number of aryl methyl sites for hydroxylation is 1. The highest BCUT2D eigenvalue weighted by Crippen LogP contribution is 2.20. The van der Waals surface area contributed by atoms with E-state index in [1.165, 1.54) is 31.4 Å². The van der Waals surface area contributed by atoms with Gasteiger partial charge in [0.15, 0.2) is 5.82 Å². The molecule has 146 valence electrons. The fraction of sp³-hybridized carbons (Fsp3) is 0.167. The molecule has 10 heteroatoms. The Morgan fingerprint density at radius 2 is 1.79 bits per heavy atom. The Kier molecular flexibility index (Phi) is 5.83. The van der Waals surface area contributed by atoms with Gasteiger partial charge in [-0.2, -0.15) is 5.10 Å². The van der Waals surface area contributed by atoms with Gasteiger partial charge in [-0.05, 0) is 36.8 Å². The first kappa shape index (κ1) is 19.7. The van der Waals surface area contributed by atoms with Gasteiger partial charge < -0.3 is 5.32 Å². The third-order valence-corrected chi connectivity index (χ3v) is 5.18. The number of benzene rings is 2. The van der Waals surface area contributed by atoms with Crippen LogP contribution < -0.4 is 10.2 Å². The molecule has 3 rings (SSSR count). The molecule has 0 radical (unpaired) electrons. The van der Waals surface area contributed by atoms with Crippen LogP contribution in [0.5, 0.6) is 0 Å². The highest BCUT2D eigenvalue weighted by Gasteiger charge is 2.22. The number of H-pyrrole nitrogens is 1. The summed E-state index contributed by atoms with van der Waals surface area (Å²) >= 11 is 0. The van der Waals surface area contributed by atoms with Crippen molar-refractivity contribution in [1.82, 2.24) is 25.4 Å². The van der Waals surface area contributed by atoms with Crippen LogP contribution >= 0.6 is 0 Å². The van der Waals surface area contributed by atoms with Crippen molar-refractivity contribution in [3.8, 4) is 0 Å². The van der Waals surface area contributed by atoms with Crippen LogP contribution in [0, 0.1) is 6.92 Å². The number of sulfonamides is 1. The number of aromatic amines is 1.